The summed E-state index contributed by atoms with van der Waals surface area (Å²) in [5, 5.41) is 2.19. The van der Waals surface area contributed by atoms with Crippen LogP contribution in [0.4, 0.5) is 10.5 Å². The van der Waals surface area contributed by atoms with Crippen molar-refractivity contribution < 1.29 is 19.0 Å². The third kappa shape index (κ3) is 5.04. The maximum absolute atomic E-state index is 10.8. The summed E-state index contributed by atoms with van der Waals surface area (Å²) < 4.78 is 16.7. The van der Waals surface area contributed by atoms with Crippen molar-refractivity contribution in [2.75, 3.05) is 19.8 Å². The number of amides is 2. The fraction of sp³-hybridized carbons (Fsp3) is 0.429. The summed E-state index contributed by atoms with van der Waals surface area (Å²) >= 11 is 0. The van der Waals surface area contributed by atoms with E-state index in [9.17, 15) is 4.79 Å². The Labute approximate surface area is 129 Å². The molecule has 0 aromatic heterocycles. The highest BCUT2D eigenvalue weighted by atomic mass is 16.5. The van der Waals surface area contributed by atoms with Gasteiger partial charge < -0.3 is 25.7 Å². The van der Waals surface area contributed by atoms with Crippen molar-refractivity contribution >= 4 is 17.7 Å². The SMILES string of the molecule is CCOc1cc(N=C(N)NC(N)=O)cc(OCC)c1OCC. The number of carbonyl (C=O) groups excluding carboxylic acids is 1. The Morgan fingerprint density at radius 2 is 1.55 bits per heavy atom. The molecule has 0 aliphatic heterocycles. The summed E-state index contributed by atoms with van der Waals surface area (Å²) in [6.45, 7) is 6.95. The van der Waals surface area contributed by atoms with E-state index < -0.39 is 6.03 Å². The number of carbonyl (C=O) groups is 1. The van der Waals surface area contributed by atoms with Crippen molar-refractivity contribution in [2.24, 2.45) is 16.5 Å². The largest absolute Gasteiger partial charge is 0.490 e. The lowest BCUT2D eigenvalue weighted by Crippen LogP contribution is -2.39. The summed E-state index contributed by atoms with van der Waals surface area (Å²) in [4.78, 5) is 14.8. The minimum absolute atomic E-state index is 0.124. The molecule has 5 N–H and O–H groups in total. The summed E-state index contributed by atoms with van der Waals surface area (Å²) in [5.74, 6) is 1.36. The third-order valence-corrected chi connectivity index (χ3v) is 2.39. The van der Waals surface area contributed by atoms with Crippen molar-refractivity contribution in [1.82, 2.24) is 5.32 Å². The number of nitrogens with two attached hydrogens (primary N) is 2. The molecule has 0 unspecified atom stereocenters. The Hall–Kier alpha value is -2.64. The topological polar surface area (TPSA) is 121 Å². The standard InChI is InChI=1S/C14H22N4O4/c1-4-20-10-7-9(17-13(15)18-14(16)19)8-11(21-5-2)12(10)22-6-3/h7-8H,4-6H2,1-3H3,(H5,15,16,17,18,19). The van der Waals surface area contributed by atoms with E-state index >= 15 is 0 Å². The van der Waals surface area contributed by atoms with E-state index in [1.807, 2.05) is 20.8 Å². The Morgan fingerprint density at radius 1 is 1.05 bits per heavy atom. The molecule has 8 nitrogen and oxygen atoms in total. The molecule has 0 atom stereocenters. The van der Waals surface area contributed by atoms with Gasteiger partial charge in [-0.25, -0.2) is 9.79 Å². The first kappa shape index (κ1) is 17.4. The molecule has 0 aliphatic carbocycles. The number of benzene rings is 1. The average Bonchev–Trinajstić information content (AvgIpc) is 2.42. The quantitative estimate of drug-likeness (QED) is 0.520. The first-order chi connectivity index (χ1) is 10.5. The maximum Gasteiger partial charge on any atom is 0.318 e. The number of aliphatic imine (C=N–C) groups is 1. The summed E-state index contributed by atoms with van der Waals surface area (Å²) in [5.41, 5.74) is 11.0. The highest BCUT2D eigenvalue weighted by molar-refractivity contribution is 5.95. The average molecular weight is 310 g/mol. The second kappa shape index (κ2) is 8.60. The number of ether oxygens (including phenoxy) is 3. The van der Waals surface area contributed by atoms with Gasteiger partial charge in [0.15, 0.2) is 11.5 Å². The molecule has 0 saturated heterocycles. The number of hydrogen-bond donors (Lipinski definition) is 3. The molecule has 2 amide bonds. The molecule has 22 heavy (non-hydrogen) atoms. The second-order valence-corrected chi connectivity index (χ2v) is 4.06. The van der Waals surface area contributed by atoms with Crippen LogP contribution >= 0.6 is 0 Å². The molecule has 0 heterocycles. The lowest BCUT2D eigenvalue weighted by atomic mass is 10.2. The first-order valence-corrected chi connectivity index (χ1v) is 6.98. The molecule has 0 saturated carbocycles. The first-order valence-electron chi connectivity index (χ1n) is 6.98. The molecule has 1 aromatic carbocycles. The highest BCUT2D eigenvalue weighted by Gasteiger charge is 2.15. The summed E-state index contributed by atoms with van der Waals surface area (Å²) in [7, 11) is 0. The van der Waals surface area contributed by atoms with Gasteiger partial charge in [-0.15, -0.1) is 0 Å². The lowest BCUT2D eigenvalue weighted by Gasteiger charge is -2.16. The monoisotopic (exact) mass is 310 g/mol. The van der Waals surface area contributed by atoms with E-state index in [1.54, 1.807) is 12.1 Å². The van der Waals surface area contributed by atoms with E-state index in [2.05, 4.69) is 10.3 Å². The van der Waals surface area contributed by atoms with Gasteiger partial charge in [0.25, 0.3) is 0 Å². The van der Waals surface area contributed by atoms with Gasteiger partial charge in [0.1, 0.15) is 0 Å². The van der Waals surface area contributed by atoms with Gasteiger partial charge in [-0.3, -0.25) is 5.32 Å². The lowest BCUT2D eigenvalue weighted by molar-refractivity contribution is 0.253. The zero-order valence-electron chi connectivity index (χ0n) is 13.0. The number of hydrogen-bond acceptors (Lipinski definition) is 5. The molecule has 0 aliphatic rings. The van der Waals surface area contributed by atoms with Crippen LogP contribution in [0.15, 0.2) is 17.1 Å². The molecule has 0 bridgehead atoms. The van der Waals surface area contributed by atoms with Crippen LogP contribution in [0.25, 0.3) is 0 Å². The van der Waals surface area contributed by atoms with Crippen LogP contribution in [0.3, 0.4) is 0 Å². The molecule has 8 heteroatoms. The van der Waals surface area contributed by atoms with Gasteiger partial charge in [-0.05, 0) is 20.8 Å². The summed E-state index contributed by atoms with van der Waals surface area (Å²) in [6, 6.07) is 2.50. The second-order valence-electron chi connectivity index (χ2n) is 4.06. The van der Waals surface area contributed by atoms with Crippen molar-refractivity contribution in [3.05, 3.63) is 12.1 Å². The molecule has 0 spiro atoms. The number of guanidine groups is 1. The van der Waals surface area contributed by atoms with Crippen molar-refractivity contribution in [1.29, 1.82) is 0 Å². The van der Waals surface area contributed by atoms with Crippen LogP contribution in [-0.4, -0.2) is 31.8 Å². The van der Waals surface area contributed by atoms with Gasteiger partial charge in [0.2, 0.25) is 11.7 Å². The van der Waals surface area contributed by atoms with Crippen molar-refractivity contribution in [3.8, 4) is 17.2 Å². The minimum atomic E-state index is -0.790. The molecule has 1 aromatic rings. The zero-order chi connectivity index (χ0) is 16.5. The number of rotatable bonds is 7. The molecule has 1 rings (SSSR count). The van der Waals surface area contributed by atoms with Gasteiger partial charge in [-0.2, -0.15) is 0 Å². The highest BCUT2D eigenvalue weighted by Crippen LogP contribution is 2.41. The Morgan fingerprint density at radius 3 is 1.95 bits per heavy atom. The van der Waals surface area contributed by atoms with Crippen molar-refractivity contribution in [2.45, 2.75) is 20.8 Å². The fourth-order valence-electron chi connectivity index (χ4n) is 1.73. The molecule has 122 valence electrons. The van der Waals surface area contributed by atoms with Crippen LogP contribution in [-0.2, 0) is 0 Å². The van der Waals surface area contributed by atoms with Gasteiger partial charge >= 0.3 is 6.03 Å². The van der Waals surface area contributed by atoms with E-state index in [-0.39, 0.29) is 5.96 Å². The normalized spacial score (nSPS) is 11.0. The molecule has 0 fully saturated rings. The Bertz CT molecular complexity index is 519. The molecular weight excluding hydrogens is 288 g/mol. The summed E-state index contributed by atoms with van der Waals surface area (Å²) in [6.07, 6.45) is 0. The van der Waals surface area contributed by atoms with Crippen LogP contribution in [0.5, 0.6) is 17.2 Å². The van der Waals surface area contributed by atoms with E-state index in [0.717, 1.165) is 0 Å². The molecule has 0 radical (unpaired) electrons. The van der Waals surface area contributed by atoms with Gasteiger partial charge in [0.05, 0.1) is 25.5 Å². The number of nitrogens with one attached hydrogen (secondary N) is 1. The molecular formula is C14H22N4O4. The van der Waals surface area contributed by atoms with Gasteiger partial charge in [-0.1, -0.05) is 0 Å². The minimum Gasteiger partial charge on any atom is -0.490 e. The fourth-order valence-corrected chi connectivity index (χ4v) is 1.73. The van der Waals surface area contributed by atoms with Crippen LogP contribution < -0.4 is 31.0 Å². The Kier molecular flexibility index (Phi) is 6.81. The third-order valence-electron chi connectivity index (χ3n) is 2.39. The predicted octanol–water partition coefficient (Wildman–Crippen LogP) is 1.50. The smallest absolute Gasteiger partial charge is 0.318 e. The van der Waals surface area contributed by atoms with E-state index in [1.165, 1.54) is 0 Å². The number of nitrogens with zero attached hydrogens (tertiary/aromatic N) is 1. The maximum atomic E-state index is 10.8. The van der Waals surface area contributed by atoms with Crippen LogP contribution in [0.1, 0.15) is 20.8 Å². The van der Waals surface area contributed by atoms with E-state index in [0.29, 0.717) is 42.8 Å². The van der Waals surface area contributed by atoms with E-state index in [4.69, 9.17) is 25.7 Å². The van der Waals surface area contributed by atoms with Crippen LogP contribution in [0, 0.1) is 0 Å². The zero-order valence-corrected chi connectivity index (χ0v) is 13.0. The van der Waals surface area contributed by atoms with Crippen LogP contribution in [0.2, 0.25) is 0 Å². The number of urea groups is 1. The Balaban J connectivity index is 3.26. The number of primary amides is 1. The predicted molar refractivity (Wildman–Crippen MR) is 84.0 cm³/mol. The van der Waals surface area contributed by atoms with Crippen molar-refractivity contribution in [3.63, 3.8) is 0 Å². The van der Waals surface area contributed by atoms with Gasteiger partial charge in [0, 0.05) is 12.1 Å².